The first-order chi connectivity index (χ1) is 36.6. The van der Waals surface area contributed by atoms with E-state index in [4.69, 9.17) is 19.3 Å². The summed E-state index contributed by atoms with van der Waals surface area (Å²) >= 11 is 0. The number of rotatable bonds is 16. The number of carbonyl (C=O) groups excluding carboxylic acids is 4. The van der Waals surface area contributed by atoms with Gasteiger partial charge >= 0.3 is 30.0 Å². The fourth-order valence-corrected chi connectivity index (χ4v) is 9.62. The topological polar surface area (TPSA) is 189 Å². The largest absolute Gasteiger partial charge is 0.481 e. The fourth-order valence-electron chi connectivity index (χ4n) is 9.62. The number of likely N-dealkylation sites (N-methyl/N-ethyl adjacent to an activating group) is 3. The highest BCUT2D eigenvalue weighted by molar-refractivity contribution is 5.88. The molecule has 2 amide bonds. The molecule has 0 saturated heterocycles. The number of aliphatic carboxylic acids is 2. The van der Waals surface area contributed by atoms with E-state index in [9.17, 15) is 33.9 Å². The summed E-state index contributed by atoms with van der Waals surface area (Å²) < 4.78 is 15.0. The van der Waals surface area contributed by atoms with Crippen molar-refractivity contribution in [3.8, 4) is 0 Å². The molecule has 8 rings (SSSR count). The Balaban J connectivity index is 0.000000192. The van der Waals surface area contributed by atoms with Crippen LogP contribution in [0.15, 0.2) is 121 Å². The number of carboxylic acids is 2. The number of carbonyl (C=O) groups is 6. The van der Waals surface area contributed by atoms with Gasteiger partial charge in [0.25, 0.3) is 0 Å². The number of allylic oxidation sites excluding steroid dienone is 5. The molecule has 0 heterocycles. The molecule has 3 N–H and O–H groups in total. The van der Waals surface area contributed by atoms with Crippen LogP contribution in [0.25, 0.3) is 22.3 Å². The minimum atomic E-state index is -0.961. The smallest absolute Gasteiger partial charge is 0.410 e. The van der Waals surface area contributed by atoms with Gasteiger partial charge in [0.2, 0.25) is 5.91 Å². The molecule has 4 aromatic rings. The number of nitrogens with one attached hydrogen (secondary N) is 1. The van der Waals surface area contributed by atoms with E-state index in [0.29, 0.717) is 25.7 Å². The van der Waals surface area contributed by atoms with Gasteiger partial charge in [-0.2, -0.15) is 0 Å². The van der Waals surface area contributed by atoms with Gasteiger partial charge in [0.1, 0.15) is 23.7 Å². The average molecular weight is 1050 g/mol. The lowest BCUT2D eigenvalue weighted by Crippen LogP contribution is -2.45. The molecule has 0 bridgehead atoms. The molecule has 0 radical (unpaired) electrons. The first kappa shape index (κ1) is 60.3. The van der Waals surface area contributed by atoms with Gasteiger partial charge in [0, 0.05) is 32.9 Å². The highest BCUT2D eigenvalue weighted by Crippen LogP contribution is 2.35. The maximum Gasteiger partial charge on any atom is 0.410 e. The van der Waals surface area contributed by atoms with Crippen LogP contribution >= 0.6 is 0 Å². The zero-order chi connectivity index (χ0) is 56.6. The summed E-state index contributed by atoms with van der Waals surface area (Å²) in [5, 5.41) is 21.3. The summed E-state index contributed by atoms with van der Waals surface area (Å²) in [5.41, 5.74) is 13.7. The molecule has 14 heteroatoms. The number of amides is 2. The lowest BCUT2D eigenvalue weighted by Gasteiger charge is -2.29. The van der Waals surface area contributed by atoms with Crippen molar-refractivity contribution in [2.45, 2.75) is 117 Å². The number of carboxylic acid groups (broad SMARTS) is 2. The first-order valence-electron chi connectivity index (χ1n) is 26.2. The Labute approximate surface area is 454 Å². The fraction of sp³-hybridized carbons (Fsp3) is 0.397. The van der Waals surface area contributed by atoms with E-state index in [1.807, 2.05) is 60.7 Å². The van der Waals surface area contributed by atoms with Crippen LogP contribution in [-0.4, -0.2) is 115 Å². The molecule has 0 aromatic heterocycles. The number of hydrogen-bond acceptors (Lipinski definition) is 10. The first-order valence-corrected chi connectivity index (χ1v) is 26.2. The van der Waals surface area contributed by atoms with Crippen LogP contribution in [0.2, 0.25) is 0 Å². The van der Waals surface area contributed by atoms with Gasteiger partial charge < -0.3 is 34.6 Å². The molecule has 4 aliphatic carbocycles. The van der Waals surface area contributed by atoms with Crippen molar-refractivity contribution in [3.05, 3.63) is 166 Å². The number of methoxy groups -OCH3 is 2. The highest BCUT2D eigenvalue weighted by atomic mass is 16.6. The van der Waals surface area contributed by atoms with Crippen molar-refractivity contribution in [2.75, 3.05) is 35.4 Å². The third-order valence-electron chi connectivity index (χ3n) is 14.0. The Morgan fingerprint density at radius 2 is 0.896 bits per heavy atom. The SMILES string of the molecule is CC(C)C(=O)N(C)[C@H](CC1=CCc2ccccc21)C(=O)O.CN[C@H](CC1=CCc2ccccc21)C(=O)OC.COC(=O)[C@@H](CC1=CCc2ccccc21)N(C)C(=O)OC(C)(C)C.C[C@H](CC1=CCc2ccccc21)C(=O)O. The Morgan fingerprint density at radius 1 is 0.532 bits per heavy atom. The molecular weight excluding hydrogens is 975 g/mol. The number of benzene rings is 4. The molecule has 0 saturated carbocycles. The zero-order valence-electron chi connectivity index (χ0n) is 46.6. The van der Waals surface area contributed by atoms with Crippen LogP contribution in [0.4, 0.5) is 4.79 Å². The summed E-state index contributed by atoms with van der Waals surface area (Å²) in [7, 11) is 7.67. The van der Waals surface area contributed by atoms with Crippen molar-refractivity contribution in [1.82, 2.24) is 15.1 Å². The van der Waals surface area contributed by atoms with Crippen LogP contribution in [0.1, 0.15) is 112 Å². The van der Waals surface area contributed by atoms with Crippen LogP contribution in [0.5, 0.6) is 0 Å². The maximum atomic E-state index is 12.3. The second-order valence-electron chi connectivity index (χ2n) is 20.9. The van der Waals surface area contributed by atoms with Crippen molar-refractivity contribution >= 4 is 58.2 Å². The van der Waals surface area contributed by atoms with Crippen LogP contribution in [0, 0.1) is 11.8 Å². The Kier molecular flexibility index (Phi) is 21.9. The zero-order valence-corrected chi connectivity index (χ0v) is 46.6. The van der Waals surface area contributed by atoms with E-state index in [1.54, 1.807) is 62.7 Å². The van der Waals surface area contributed by atoms with Crippen LogP contribution in [0.3, 0.4) is 0 Å². The van der Waals surface area contributed by atoms with E-state index in [0.717, 1.165) is 48.0 Å². The van der Waals surface area contributed by atoms with Gasteiger partial charge in [-0.05, 0) is 133 Å². The number of nitrogens with zero attached hydrogens (tertiary/aromatic N) is 2. The van der Waals surface area contributed by atoms with Crippen molar-refractivity contribution in [3.63, 3.8) is 0 Å². The lowest BCUT2D eigenvalue weighted by atomic mass is 9.97. The number of fused-ring (bicyclic) bond motifs is 4. The molecule has 4 atom stereocenters. The predicted octanol–water partition coefficient (Wildman–Crippen LogP) is 10.5. The number of hydrogen-bond donors (Lipinski definition) is 3. The van der Waals surface area contributed by atoms with Crippen LogP contribution in [-0.2, 0) is 63.9 Å². The normalized spacial score (nSPS) is 14.9. The van der Waals surface area contributed by atoms with Crippen LogP contribution < -0.4 is 5.32 Å². The van der Waals surface area contributed by atoms with Gasteiger partial charge in [-0.25, -0.2) is 14.4 Å². The van der Waals surface area contributed by atoms with E-state index >= 15 is 0 Å². The lowest BCUT2D eigenvalue weighted by molar-refractivity contribution is -0.150. The summed E-state index contributed by atoms with van der Waals surface area (Å²) in [6.07, 6.45) is 13.6. The average Bonchev–Trinajstić information content (AvgIpc) is 4.24. The predicted molar refractivity (Wildman–Crippen MR) is 301 cm³/mol. The van der Waals surface area contributed by atoms with Crippen molar-refractivity contribution in [1.29, 1.82) is 0 Å². The molecule has 410 valence electrons. The van der Waals surface area contributed by atoms with E-state index in [2.05, 4.69) is 66.0 Å². The molecule has 77 heavy (non-hydrogen) atoms. The Hall–Kier alpha value is -7.58. The second-order valence-corrected chi connectivity index (χ2v) is 20.9. The highest BCUT2D eigenvalue weighted by Gasteiger charge is 2.34. The molecule has 0 unspecified atom stereocenters. The van der Waals surface area contributed by atoms with Crippen molar-refractivity contribution < 1.29 is 53.2 Å². The third kappa shape index (κ3) is 16.5. The molecule has 4 aromatic carbocycles. The third-order valence-corrected chi connectivity index (χ3v) is 14.0. The van der Waals surface area contributed by atoms with Gasteiger partial charge in [-0.3, -0.25) is 19.3 Å². The summed E-state index contributed by atoms with van der Waals surface area (Å²) in [5.74, 6) is -3.00. The number of esters is 2. The van der Waals surface area contributed by atoms with Gasteiger partial charge in [0.15, 0.2) is 0 Å². The van der Waals surface area contributed by atoms with E-state index in [-0.39, 0.29) is 29.8 Å². The molecule has 0 spiro atoms. The monoisotopic (exact) mass is 1050 g/mol. The van der Waals surface area contributed by atoms with Gasteiger partial charge in [-0.15, -0.1) is 0 Å². The molecule has 0 aliphatic heterocycles. The maximum absolute atomic E-state index is 12.3. The second kappa shape index (κ2) is 28.0. The summed E-state index contributed by atoms with van der Waals surface area (Å²) in [6, 6.07) is 30.8. The summed E-state index contributed by atoms with van der Waals surface area (Å²) in [6.45, 7) is 10.7. The van der Waals surface area contributed by atoms with Gasteiger partial charge in [-0.1, -0.05) is 142 Å². The Morgan fingerprint density at radius 3 is 1.23 bits per heavy atom. The quantitative estimate of drug-likeness (QED) is 0.0713. The molecule has 4 aliphatic rings. The molecule has 14 nitrogen and oxygen atoms in total. The van der Waals surface area contributed by atoms with E-state index < -0.39 is 41.7 Å². The standard InChI is InChI=1S/C19H25NO4.C17H21NO3.C14H17NO2.C13H14O2/c1-19(2,3)24-18(22)20(4)16(17(21)23-5)12-14-11-10-13-8-6-7-9-15(13)14;1-11(2)16(19)18(3)15(17(20)21)10-13-9-8-12-6-4-5-7-14(12)13;1-15-13(14(16)17-2)9-11-8-7-10-5-3-4-6-12(10)11;1-9(13(14)15)8-11-7-6-10-4-2-3-5-12(10)11/h6-9,11,16H,10,12H2,1-5H3;4-7,9,11,15H,8,10H2,1-3H3,(H,20,21);3-6,8,13,15H,7,9H2,1-2H3;2-5,7,9H,6,8H2,1H3,(H,14,15)/t16-;15-;13-;9-/m1111/s1. The summed E-state index contributed by atoms with van der Waals surface area (Å²) in [4.78, 5) is 73.1. The van der Waals surface area contributed by atoms with Gasteiger partial charge in [0.05, 0.1) is 20.1 Å². The van der Waals surface area contributed by atoms with E-state index in [1.165, 1.54) is 68.5 Å². The number of ether oxygens (including phenoxy) is 3. The molecular formula is C63H77N3O11. The molecule has 0 fully saturated rings. The Bertz CT molecular complexity index is 2890. The van der Waals surface area contributed by atoms with Crippen molar-refractivity contribution in [2.24, 2.45) is 11.8 Å². The minimum Gasteiger partial charge on any atom is -0.481 e. The minimum absolute atomic E-state index is 0.144.